The van der Waals surface area contributed by atoms with Gasteiger partial charge in [0.25, 0.3) is 0 Å². The fraction of sp³-hybridized carbons (Fsp3) is 0.769. The number of aliphatic hydroxyl groups is 1. The van der Waals surface area contributed by atoms with Crippen LogP contribution in [0.15, 0.2) is 6.20 Å². The lowest BCUT2D eigenvalue weighted by Gasteiger charge is -2.25. The van der Waals surface area contributed by atoms with Gasteiger partial charge in [0, 0.05) is 7.11 Å². The Morgan fingerprint density at radius 3 is 2.89 bits per heavy atom. The van der Waals surface area contributed by atoms with Gasteiger partial charge in [-0.1, -0.05) is 18.5 Å². The van der Waals surface area contributed by atoms with Crippen molar-refractivity contribution in [3.63, 3.8) is 0 Å². The summed E-state index contributed by atoms with van der Waals surface area (Å²) in [6.45, 7) is 6.69. The number of methoxy groups -OCH3 is 1. The highest BCUT2D eigenvalue weighted by Crippen LogP contribution is 2.30. The molecule has 1 heterocycles. The second-order valence-corrected chi connectivity index (χ2v) is 5.24. The molecule has 0 aromatic carbocycles. The second kappa shape index (κ2) is 7.85. The Morgan fingerprint density at radius 2 is 2.26 bits per heavy atom. The number of hydrogen-bond acceptors (Lipinski definition) is 4. The van der Waals surface area contributed by atoms with Crippen LogP contribution >= 0.6 is 11.6 Å². The van der Waals surface area contributed by atoms with E-state index in [9.17, 15) is 5.11 Å². The number of nitrogens with one attached hydrogen (secondary N) is 1. The van der Waals surface area contributed by atoms with E-state index in [0.717, 1.165) is 19.5 Å². The summed E-state index contributed by atoms with van der Waals surface area (Å²) in [5, 5.41) is 18.6. The molecule has 0 saturated carbocycles. The van der Waals surface area contributed by atoms with E-state index in [4.69, 9.17) is 16.3 Å². The van der Waals surface area contributed by atoms with E-state index in [1.807, 2.05) is 0 Å². The van der Waals surface area contributed by atoms with Crippen LogP contribution in [0.4, 0.5) is 0 Å². The number of nitrogens with zero attached hydrogens (tertiary/aromatic N) is 2. The van der Waals surface area contributed by atoms with Gasteiger partial charge in [0.1, 0.15) is 5.60 Å². The summed E-state index contributed by atoms with van der Waals surface area (Å²) in [5.74, 6) is 0. The van der Waals surface area contributed by atoms with Gasteiger partial charge in [0.05, 0.1) is 30.1 Å². The highest BCUT2D eigenvalue weighted by atomic mass is 35.5. The van der Waals surface area contributed by atoms with Crippen molar-refractivity contribution in [3.05, 3.63) is 16.9 Å². The van der Waals surface area contributed by atoms with Crippen molar-refractivity contribution in [1.29, 1.82) is 0 Å². The SMILES string of the molecule is CCCNCCC(C)(O)c1c(Cl)cnn1CCOC. The van der Waals surface area contributed by atoms with Crippen LogP contribution < -0.4 is 5.32 Å². The lowest BCUT2D eigenvalue weighted by atomic mass is 9.98. The topological polar surface area (TPSA) is 59.3 Å². The van der Waals surface area contributed by atoms with E-state index in [2.05, 4.69) is 17.3 Å². The van der Waals surface area contributed by atoms with Crippen LogP contribution in [-0.4, -0.2) is 41.7 Å². The molecule has 1 rings (SSSR count). The lowest BCUT2D eigenvalue weighted by Crippen LogP contribution is -2.31. The molecular formula is C13H24ClN3O2. The first-order valence-corrected chi connectivity index (χ1v) is 7.04. The van der Waals surface area contributed by atoms with E-state index in [1.165, 1.54) is 0 Å². The van der Waals surface area contributed by atoms with Gasteiger partial charge in [-0.15, -0.1) is 0 Å². The Balaban J connectivity index is 2.72. The van der Waals surface area contributed by atoms with Crippen molar-refractivity contribution >= 4 is 11.6 Å². The molecule has 5 nitrogen and oxygen atoms in total. The van der Waals surface area contributed by atoms with E-state index in [0.29, 0.717) is 30.3 Å². The molecule has 0 radical (unpaired) electrons. The highest BCUT2D eigenvalue weighted by molar-refractivity contribution is 6.31. The molecule has 19 heavy (non-hydrogen) atoms. The van der Waals surface area contributed by atoms with E-state index < -0.39 is 5.60 Å². The molecule has 0 amide bonds. The summed E-state index contributed by atoms with van der Waals surface area (Å²) >= 11 is 6.14. The third-order valence-electron chi connectivity index (χ3n) is 3.03. The minimum Gasteiger partial charge on any atom is -0.384 e. The number of hydrogen-bond donors (Lipinski definition) is 2. The molecule has 0 aliphatic carbocycles. The zero-order chi connectivity index (χ0) is 14.3. The highest BCUT2D eigenvalue weighted by Gasteiger charge is 2.29. The van der Waals surface area contributed by atoms with Crippen molar-refractivity contribution in [2.75, 3.05) is 26.8 Å². The van der Waals surface area contributed by atoms with Gasteiger partial charge in [0.2, 0.25) is 0 Å². The molecule has 0 fully saturated rings. The summed E-state index contributed by atoms with van der Waals surface area (Å²) in [6, 6.07) is 0. The molecule has 0 bridgehead atoms. The summed E-state index contributed by atoms with van der Waals surface area (Å²) in [5.41, 5.74) is -0.341. The third-order valence-corrected chi connectivity index (χ3v) is 3.30. The molecule has 2 N–H and O–H groups in total. The third kappa shape index (κ3) is 4.76. The average molecular weight is 290 g/mol. The first-order chi connectivity index (χ1) is 9.03. The maximum Gasteiger partial charge on any atom is 0.106 e. The Labute approximate surface area is 119 Å². The summed E-state index contributed by atoms with van der Waals surface area (Å²) in [6.07, 6.45) is 3.24. The first-order valence-electron chi connectivity index (χ1n) is 6.66. The van der Waals surface area contributed by atoms with Crippen molar-refractivity contribution in [2.24, 2.45) is 0 Å². The number of aromatic nitrogens is 2. The van der Waals surface area contributed by atoms with Crippen molar-refractivity contribution in [3.8, 4) is 0 Å². The van der Waals surface area contributed by atoms with Gasteiger partial charge < -0.3 is 15.2 Å². The smallest absolute Gasteiger partial charge is 0.106 e. The normalized spacial score (nSPS) is 14.6. The standard InChI is InChI=1S/C13H24ClN3O2/c1-4-6-15-7-5-13(2,18)12-11(14)10-16-17(12)8-9-19-3/h10,15,18H,4-9H2,1-3H3. The fourth-order valence-electron chi connectivity index (χ4n) is 2.00. The van der Waals surface area contributed by atoms with E-state index in [-0.39, 0.29) is 0 Å². The maximum atomic E-state index is 10.6. The van der Waals surface area contributed by atoms with Gasteiger partial charge >= 0.3 is 0 Å². The molecule has 0 saturated heterocycles. The van der Waals surface area contributed by atoms with Gasteiger partial charge in [-0.05, 0) is 32.9 Å². The molecule has 0 aliphatic rings. The Hall–Kier alpha value is -0.620. The molecule has 1 atom stereocenters. The van der Waals surface area contributed by atoms with Crippen LogP contribution in [0.2, 0.25) is 5.02 Å². The van der Waals surface area contributed by atoms with E-state index >= 15 is 0 Å². The van der Waals surface area contributed by atoms with Gasteiger partial charge in [-0.3, -0.25) is 4.68 Å². The summed E-state index contributed by atoms with van der Waals surface area (Å²) in [4.78, 5) is 0. The zero-order valence-corrected chi connectivity index (χ0v) is 12.7. The molecule has 110 valence electrons. The largest absolute Gasteiger partial charge is 0.384 e. The molecular weight excluding hydrogens is 266 g/mol. The number of halogens is 1. The Morgan fingerprint density at radius 1 is 1.53 bits per heavy atom. The average Bonchev–Trinajstić information content (AvgIpc) is 2.74. The molecule has 1 aromatic rings. The Kier molecular flexibility index (Phi) is 6.79. The minimum atomic E-state index is -0.998. The summed E-state index contributed by atoms with van der Waals surface area (Å²) < 4.78 is 6.75. The first kappa shape index (κ1) is 16.4. The maximum absolute atomic E-state index is 10.6. The Bertz CT molecular complexity index is 380. The predicted molar refractivity (Wildman–Crippen MR) is 76.5 cm³/mol. The molecule has 6 heteroatoms. The second-order valence-electron chi connectivity index (χ2n) is 4.83. The van der Waals surface area contributed by atoms with Crippen LogP contribution in [0.25, 0.3) is 0 Å². The number of rotatable bonds is 9. The molecule has 0 spiro atoms. The minimum absolute atomic E-state index is 0.497. The van der Waals surface area contributed by atoms with Crippen LogP contribution in [0.1, 0.15) is 32.4 Å². The van der Waals surface area contributed by atoms with Crippen molar-refractivity contribution in [1.82, 2.24) is 15.1 Å². The quantitative estimate of drug-likeness (QED) is 0.681. The summed E-state index contributed by atoms with van der Waals surface area (Å²) in [7, 11) is 1.64. The van der Waals surface area contributed by atoms with Crippen LogP contribution in [0, 0.1) is 0 Å². The molecule has 0 aliphatic heterocycles. The predicted octanol–water partition coefficient (Wildman–Crippen LogP) is 1.78. The van der Waals surface area contributed by atoms with E-state index in [1.54, 1.807) is 24.9 Å². The monoisotopic (exact) mass is 289 g/mol. The zero-order valence-electron chi connectivity index (χ0n) is 11.9. The van der Waals surface area contributed by atoms with Gasteiger partial charge in [-0.25, -0.2) is 0 Å². The van der Waals surface area contributed by atoms with Crippen molar-refractivity contribution < 1.29 is 9.84 Å². The molecule has 1 unspecified atom stereocenters. The van der Waals surface area contributed by atoms with Crippen LogP contribution in [-0.2, 0) is 16.9 Å². The van der Waals surface area contributed by atoms with Gasteiger partial charge in [0.15, 0.2) is 0 Å². The number of ether oxygens (including phenoxy) is 1. The molecule has 1 aromatic heterocycles. The fourth-order valence-corrected chi connectivity index (χ4v) is 2.34. The van der Waals surface area contributed by atoms with Crippen LogP contribution in [0.5, 0.6) is 0 Å². The lowest BCUT2D eigenvalue weighted by molar-refractivity contribution is 0.0372. The van der Waals surface area contributed by atoms with Crippen LogP contribution in [0.3, 0.4) is 0 Å². The van der Waals surface area contributed by atoms with Crippen molar-refractivity contribution in [2.45, 2.75) is 38.8 Å². The van der Waals surface area contributed by atoms with Gasteiger partial charge in [-0.2, -0.15) is 5.10 Å².